The van der Waals surface area contributed by atoms with E-state index in [0.717, 1.165) is 0 Å². The molecule has 2 aliphatic carbocycles. The SMILES string of the molecule is CC1(C)c2cccc3c2-c2c1cc(Br)cc2C(C)(C)C3(C)C. The van der Waals surface area contributed by atoms with Gasteiger partial charge in [-0.25, -0.2) is 0 Å². The van der Waals surface area contributed by atoms with Crippen molar-refractivity contribution in [3.8, 4) is 11.1 Å². The fourth-order valence-corrected chi connectivity index (χ4v) is 5.00. The van der Waals surface area contributed by atoms with Crippen molar-refractivity contribution in [2.45, 2.75) is 57.8 Å². The third kappa shape index (κ3) is 1.40. The van der Waals surface area contributed by atoms with Crippen LogP contribution >= 0.6 is 15.9 Å². The standard InChI is InChI=1S/C21H23Br/c1-19(2)13-8-7-9-14-17(13)18-15(19)10-12(22)11-16(18)21(5,6)20(14,3)4/h7-11H,1-6H3. The Kier molecular flexibility index (Phi) is 2.55. The minimum absolute atomic E-state index is 0.0791. The molecule has 0 saturated heterocycles. The molecule has 2 aliphatic rings. The minimum atomic E-state index is 0.0791. The van der Waals surface area contributed by atoms with Gasteiger partial charge in [0.05, 0.1) is 0 Å². The Morgan fingerprint density at radius 2 is 1.18 bits per heavy atom. The lowest BCUT2D eigenvalue weighted by Gasteiger charge is -2.48. The number of rotatable bonds is 0. The van der Waals surface area contributed by atoms with Gasteiger partial charge in [-0.05, 0) is 56.3 Å². The summed E-state index contributed by atoms with van der Waals surface area (Å²) in [6.45, 7) is 14.3. The molecule has 0 heterocycles. The first-order chi connectivity index (χ1) is 10.1. The summed E-state index contributed by atoms with van der Waals surface area (Å²) in [7, 11) is 0. The second-order valence-corrected chi connectivity index (χ2v) is 9.39. The fourth-order valence-electron chi connectivity index (χ4n) is 4.54. The molecule has 0 nitrogen and oxygen atoms in total. The maximum absolute atomic E-state index is 3.76. The van der Waals surface area contributed by atoms with Crippen LogP contribution in [0.4, 0.5) is 0 Å². The monoisotopic (exact) mass is 354 g/mol. The molecule has 0 aromatic heterocycles. The molecule has 2 aromatic carbocycles. The molecule has 0 aliphatic heterocycles. The molecular formula is C21H23Br. The molecule has 0 spiro atoms. The highest BCUT2D eigenvalue weighted by Gasteiger charge is 2.51. The van der Waals surface area contributed by atoms with Crippen molar-refractivity contribution in [2.24, 2.45) is 0 Å². The Hall–Kier alpha value is -1.08. The summed E-state index contributed by atoms with van der Waals surface area (Å²) in [6, 6.07) is 11.6. The van der Waals surface area contributed by atoms with Crippen LogP contribution in [0.15, 0.2) is 34.8 Å². The smallest absolute Gasteiger partial charge is 0.0181 e. The molecule has 0 atom stereocenters. The number of halogens is 1. The van der Waals surface area contributed by atoms with Crippen LogP contribution in [0.2, 0.25) is 0 Å². The normalized spacial score (nSPS) is 21.6. The minimum Gasteiger partial charge on any atom is -0.0616 e. The van der Waals surface area contributed by atoms with Gasteiger partial charge in [-0.3, -0.25) is 0 Å². The summed E-state index contributed by atoms with van der Waals surface area (Å²) in [5.74, 6) is 0. The third-order valence-electron chi connectivity index (χ3n) is 6.67. The Morgan fingerprint density at radius 1 is 0.682 bits per heavy atom. The zero-order valence-electron chi connectivity index (χ0n) is 14.3. The fraction of sp³-hybridized carbons (Fsp3) is 0.429. The van der Waals surface area contributed by atoms with Crippen molar-refractivity contribution >= 4 is 15.9 Å². The lowest BCUT2D eigenvalue weighted by molar-refractivity contribution is 0.299. The maximum atomic E-state index is 3.76. The van der Waals surface area contributed by atoms with E-state index >= 15 is 0 Å². The maximum Gasteiger partial charge on any atom is 0.0181 e. The van der Waals surface area contributed by atoms with Gasteiger partial charge in [-0.2, -0.15) is 0 Å². The van der Waals surface area contributed by atoms with Gasteiger partial charge in [0, 0.05) is 9.89 Å². The van der Waals surface area contributed by atoms with E-state index in [1.807, 2.05) is 0 Å². The molecule has 0 N–H and O–H groups in total. The number of hydrogen-bond donors (Lipinski definition) is 0. The van der Waals surface area contributed by atoms with E-state index in [9.17, 15) is 0 Å². The molecule has 0 fully saturated rings. The number of hydrogen-bond acceptors (Lipinski definition) is 0. The lowest BCUT2D eigenvalue weighted by Crippen LogP contribution is -2.43. The molecular weight excluding hydrogens is 332 g/mol. The van der Waals surface area contributed by atoms with E-state index in [1.165, 1.54) is 37.9 Å². The first-order valence-electron chi connectivity index (χ1n) is 8.09. The molecule has 22 heavy (non-hydrogen) atoms. The van der Waals surface area contributed by atoms with Gasteiger partial charge < -0.3 is 0 Å². The third-order valence-corrected chi connectivity index (χ3v) is 7.13. The van der Waals surface area contributed by atoms with Crippen molar-refractivity contribution < 1.29 is 0 Å². The van der Waals surface area contributed by atoms with Crippen molar-refractivity contribution in [3.63, 3.8) is 0 Å². The Balaban J connectivity index is 2.28. The van der Waals surface area contributed by atoms with E-state index in [1.54, 1.807) is 0 Å². The van der Waals surface area contributed by atoms with Crippen LogP contribution in [-0.4, -0.2) is 0 Å². The van der Waals surface area contributed by atoms with Crippen LogP contribution in [-0.2, 0) is 16.2 Å². The van der Waals surface area contributed by atoms with E-state index in [0.29, 0.717) is 0 Å². The highest BCUT2D eigenvalue weighted by molar-refractivity contribution is 9.10. The van der Waals surface area contributed by atoms with Crippen LogP contribution in [0.25, 0.3) is 11.1 Å². The van der Waals surface area contributed by atoms with Gasteiger partial charge in [0.25, 0.3) is 0 Å². The van der Waals surface area contributed by atoms with Gasteiger partial charge in [-0.1, -0.05) is 75.7 Å². The highest BCUT2D eigenvalue weighted by atomic mass is 79.9. The summed E-state index contributed by atoms with van der Waals surface area (Å²) in [5.41, 5.74) is 9.28. The molecule has 0 radical (unpaired) electrons. The first kappa shape index (κ1) is 14.5. The zero-order chi connectivity index (χ0) is 16.1. The second-order valence-electron chi connectivity index (χ2n) is 8.48. The van der Waals surface area contributed by atoms with Crippen LogP contribution in [0.3, 0.4) is 0 Å². The van der Waals surface area contributed by atoms with E-state index in [4.69, 9.17) is 0 Å². The molecule has 0 saturated carbocycles. The average Bonchev–Trinajstić information content (AvgIpc) is 2.65. The van der Waals surface area contributed by atoms with Crippen LogP contribution in [0.5, 0.6) is 0 Å². The lowest BCUT2D eigenvalue weighted by atomic mass is 9.55. The Bertz CT molecular complexity index is 822. The van der Waals surface area contributed by atoms with Crippen LogP contribution < -0.4 is 0 Å². The molecule has 0 bridgehead atoms. The summed E-state index contributed by atoms with van der Waals surface area (Å²) in [4.78, 5) is 0. The molecule has 2 aromatic rings. The van der Waals surface area contributed by atoms with Crippen molar-refractivity contribution in [2.75, 3.05) is 0 Å². The van der Waals surface area contributed by atoms with Crippen LogP contribution in [0, 0.1) is 0 Å². The van der Waals surface area contributed by atoms with E-state index < -0.39 is 0 Å². The summed E-state index contributed by atoms with van der Waals surface area (Å²) in [5, 5.41) is 0. The Morgan fingerprint density at radius 3 is 1.86 bits per heavy atom. The average molecular weight is 355 g/mol. The van der Waals surface area contributed by atoms with Gasteiger partial charge in [-0.15, -0.1) is 0 Å². The molecule has 4 rings (SSSR count). The van der Waals surface area contributed by atoms with Gasteiger partial charge in [0.1, 0.15) is 0 Å². The summed E-state index contributed by atoms with van der Waals surface area (Å²) >= 11 is 3.76. The topological polar surface area (TPSA) is 0 Å². The Labute approximate surface area is 142 Å². The molecule has 1 heteroatoms. The summed E-state index contributed by atoms with van der Waals surface area (Å²) < 4.78 is 1.20. The van der Waals surface area contributed by atoms with Gasteiger partial charge in [0.2, 0.25) is 0 Å². The van der Waals surface area contributed by atoms with E-state index in [2.05, 4.69) is 87.8 Å². The molecule has 0 unspecified atom stereocenters. The van der Waals surface area contributed by atoms with E-state index in [-0.39, 0.29) is 16.2 Å². The predicted octanol–water partition coefficient (Wildman–Crippen LogP) is 6.32. The van der Waals surface area contributed by atoms with Gasteiger partial charge in [0.15, 0.2) is 0 Å². The largest absolute Gasteiger partial charge is 0.0616 e. The summed E-state index contributed by atoms with van der Waals surface area (Å²) in [6.07, 6.45) is 0. The molecule has 0 amide bonds. The highest BCUT2D eigenvalue weighted by Crippen LogP contribution is 2.62. The van der Waals surface area contributed by atoms with Gasteiger partial charge >= 0.3 is 0 Å². The molecule has 114 valence electrons. The van der Waals surface area contributed by atoms with Crippen LogP contribution in [0.1, 0.15) is 63.8 Å². The zero-order valence-corrected chi connectivity index (χ0v) is 15.9. The second kappa shape index (κ2) is 3.87. The first-order valence-corrected chi connectivity index (χ1v) is 8.88. The van der Waals surface area contributed by atoms with Crippen molar-refractivity contribution in [1.82, 2.24) is 0 Å². The predicted molar refractivity (Wildman–Crippen MR) is 97.8 cm³/mol. The number of benzene rings is 2. The quantitative estimate of drug-likeness (QED) is 0.518. The van der Waals surface area contributed by atoms with Crippen molar-refractivity contribution in [1.29, 1.82) is 0 Å². The van der Waals surface area contributed by atoms with Crippen molar-refractivity contribution in [3.05, 3.63) is 57.1 Å².